The Morgan fingerprint density at radius 1 is 1.15 bits per heavy atom. The van der Waals surface area contributed by atoms with Gasteiger partial charge in [-0.1, -0.05) is 19.9 Å². The molecule has 0 aromatic heterocycles. The van der Waals surface area contributed by atoms with E-state index in [1.54, 1.807) is 13.8 Å². The van der Waals surface area contributed by atoms with E-state index in [1.807, 2.05) is 0 Å². The minimum atomic E-state index is -2.36. The summed E-state index contributed by atoms with van der Waals surface area (Å²) in [6, 6.07) is 0. The topological polar surface area (TPSA) is 99.1 Å². The van der Waals surface area contributed by atoms with E-state index < -0.39 is 70.8 Å². The molecule has 6 rings (SSSR count). The first-order chi connectivity index (χ1) is 18.8. The normalized spacial score (nSPS) is 48.9. The summed E-state index contributed by atoms with van der Waals surface area (Å²) < 4.78 is 63.0. The molecule has 1 N–H and O–H groups in total. The van der Waals surface area contributed by atoms with E-state index in [1.165, 1.54) is 19.1 Å². The van der Waals surface area contributed by atoms with Crippen LogP contribution in [0.25, 0.3) is 0 Å². The molecule has 40 heavy (non-hydrogen) atoms. The molecular formula is C30H37F3O7. The third-order valence-electron chi connectivity index (χ3n) is 11.9. The molecule has 0 heterocycles. The first kappa shape index (κ1) is 27.8. The molecule has 6 aliphatic rings. The molecule has 0 saturated heterocycles. The molecule has 4 saturated carbocycles. The van der Waals surface area contributed by atoms with E-state index in [0.29, 0.717) is 12.3 Å². The Bertz CT molecular complexity index is 1200. The number of carbonyl (C=O) groups excluding carboxylic acids is 3. The molecule has 0 aromatic carbocycles. The van der Waals surface area contributed by atoms with Crippen molar-refractivity contribution in [1.29, 1.82) is 0 Å². The van der Waals surface area contributed by atoms with Gasteiger partial charge in [0.05, 0.1) is 6.10 Å². The number of hydrogen-bond acceptors (Lipinski definition) is 7. The zero-order chi connectivity index (χ0) is 28.8. The molecule has 0 spiro atoms. The van der Waals surface area contributed by atoms with Gasteiger partial charge in [-0.05, 0) is 74.9 Å². The Labute approximate surface area is 231 Å². The second-order valence-electron chi connectivity index (χ2n) is 13.5. The maximum atomic E-state index is 17.5. The molecule has 0 aliphatic heterocycles. The van der Waals surface area contributed by atoms with Gasteiger partial charge in [-0.15, -0.1) is 0 Å². The monoisotopic (exact) mass is 566 g/mol. The Hall–Kier alpha value is -2.36. The van der Waals surface area contributed by atoms with Crippen molar-refractivity contribution in [3.8, 4) is 0 Å². The van der Waals surface area contributed by atoms with Gasteiger partial charge in [-0.2, -0.15) is 0 Å². The molecule has 4 fully saturated rings. The zero-order valence-electron chi connectivity index (χ0n) is 23.1. The number of hydrogen-bond donors (Lipinski definition) is 1. The van der Waals surface area contributed by atoms with Crippen LogP contribution in [0.2, 0.25) is 0 Å². The maximum absolute atomic E-state index is 17.5. The van der Waals surface area contributed by atoms with Crippen molar-refractivity contribution < 1.29 is 46.9 Å². The summed E-state index contributed by atoms with van der Waals surface area (Å²) in [5, 5.41) is 11.6. The summed E-state index contributed by atoms with van der Waals surface area (Å²) in [4.78, 5) is 38.9. The third kappa shape index (κ3) is 3.43. The summed E-state index contributed by atoms with van der Waals surface area (Å²) in [7, 11) is 0. The minimum absolute atomic E-state index is 0.0289. The van der Waals surface area contributed by atoms with Crippen LogP contribution >= 0.6 is 0 Å². The van der Waals surface area contributed by atoms with Crippen LogP contribution in [-0.4, -0.2) is 53.4 Å². The first-order valence-electron chi connectivity index (χ1n) is 14.4. The number of alkyl halides is 2. The van der Waals surface area contributed by atoms with Gasteiger partial charge in [0.1, 0.15) is 11.9 Å². The van der Waals surface area contributed by atoms with Crippen molar-refractivity contribution >= 4 is 17.9 Å². The van der Waals surface area contributed by atoms with Crippen molar-refractivity contribution in [2.75, 3.05) is 6.86 Å². The molecule has 220 valence electrons. The quantitative estimate of drug-likeness (QED) is 0.452. The number of ether oxygens (including phenoxy) is 3. The van der Waals surface area contributed by atoms with Crippen molar-refractivity contribution in [1.82, 2.24) is 0 Å². The summed E-state index contributed by atoms with van der Waals surface area (Å²) in [6.07, 6.45) is 2.32. The molecule has 11 atom stereocenters. The average molecular weight is 567 g/mol. The van der Waals surface area contributed by atoms with Crippen LogP contribution in [0.15, 0.2) is 23.6 Å². The molecular weight excluding hydrogens is 529 g/mol. The van der Waals surface area contributed by atoms with E-state index in [0.717, 1.165) is 19.3 Å². The second kappa shape index (κ2) is 9.07. The van der Waals surface area contributed by atoms with Gasteiger partial charge in [0, 0.05) is 35.5 Å². The Kier molecular flexibility index (Phi) is 6.30. The second-order valence-corrected chi connectivity index (χ2v) is 13.5. The molecule has 2 bridgehead atoms. The number of halogens is 3. The van der Waals surface area contributed by atoms with E-state index in [2.05, 4.69) is 0 Å². The Morgan fingerprint density at radius 3 is 2.55 bits per heavy atom. The number of rotatable bonds is 4. The highest BCUT2D eigenvalue weighted by Gasteiger charge is 2.78. The van der Waals surface area contributed by atoms with Gasteiger partial charge in [0.2, 0.25) is 12.5 Å². The van der Waals surface area contributed by atoms with Gasteiger partial charge in [-0.25, -0.2) is 22.8 Å². The van der Waals surface area contributed by atoms with Gasteiger partial charge in [0.15, 0.2) is 11.5 Å². The molecule has 6 aliphatic carbocycles. The van der Waals surface area contributed by atoms with Crippen LogP contribution in [0.1, 0.15) is 72.1 Å². The van der Waals surface area contributed by atoms with Crippen LogP contribution in [0.5, 0.6) is 0 Å². The molecule has 10 heteroatoms. The molecule has 0 aromatic rings. The number of aliphatic hydroxyl groups is 1. The lowest BCUT2D eigenvalue weighted by Gasteiger charge is -2.62. The van der Waals surface area contributed by atoms with Gasteiger partial charge in [0.25, 0.3) is 0 Å². The first-order valence-corrected chi connectivity index (χ1v) is 14.4. The fourth-order valence-electron chi connectivity index (χ4n) is 9.96. The van der Waals surface area contributed by atoms with Crippen molar-refractivity contribution in [2.24, 2.45) is 40.4 Å². The predicted molar refractivity (Wildman–Crippen MR) is 135 cm³/mol. The highest BCUT2D eigenvalue weighted by atomic mass is 19.1. The SMILES string of the molecule is C[C@@H]1C[C@H]2[C@@H]3CC(F)=C4CC(=O)C=C[C@]4(C)[C@@]3(F)[C@@H](O)C[C@]2(C)[C@@]1(OC(=O)O[C@@H]1C[C@H]2CC[C@@H]1C2)C(=O)OCF. The van der Waals surface area contributed by atoms with Crippen LogP contribution in [0.4, 0.5) is 18.0 Å². The number of allylic oxidation sites excluding steroid dienone is 4. The van der Waals surface area contributed by atoms with E-state index in [-0.39, 0.29) is 49.1 Å². The minimum Gasteiger partial charge on any atom is -0.431 e. The number of carbonyl (C=O) groups is 3. The van der Waals surface area contributed by atoms with Gasteiger partial charge >= 0.3 is 12.1 Å². The lowest BCUT2D eigenvalue weighted by molar-refractivity contribution is -0.231. The summed E-state index contributed by atoms with van der Waals surface area (Å²) in [6.45, 7) is 3.28. The molecule has 7 nitrogen and oxygen atoms in total. The largest absolute Gasteiger partial charge is 0.509 e. The van der Waals surface area contributed by atoms with Crippen LogP contribution in [-0.2, 0) is 23.8 Å². The fraction of sp³-hybridized carbons (Fsp3) is 0.767. The van der Waals surface area contributed by atoms with Gasteiger partial charge < -0.3 is 19.3 Å². The van der Waals surface area contributed by atoms with Crippen molar-refractivity contribution in [2.45, 2.75) is 95.6 Å². The fourth-order valence-corrected chi connectivity index (χ4v) is 9.96. The van der Waals surface area contributed by atoms with Gasteiger partial charge in [-0.3, -0.25) is 4.79 Å². The Morgan fingerprint density at radius 2 is 1.90 bits per heavy atom. The predicted octanol–water partition coefficient (Wildman–Crippen LogP) is 5.45. The lowest BCUT2D eigenvalue weighted by atomic mass is 9.45. The number of esters is 1. The molecule has 0 radical (unpaired) electrons. The Balaban J connectivity index is 1.39. The number of ketones is 1. The lowest BCUT2D eigenvalue weighted by Crippen LogP contribution is -2.70. The zero-order valence-corrected chi connectivity index (χ0v) is 23.1. The summed E-state index contributed by atoms with van der Waals surface area (Å²) in [5.74, 6) is -3.99. The number of fused-ring (bicyclic) bond motifs is 7. The van der Waals surface area contributed by atoms with Crippen molar-refractivity contribution in [3.05, 3.63) is 23.6 Å². The van der Waals surface area contributed by atoms with Crippen LogP contribution < -0.4 is 0 Å². The van der Waals surface area contributed by atoms with E-state index >= 15 is 8.78 Å². The smallest absolute Gasteiger partial charge is 0.431 e. The standard InChI is InChI=1S/C30H37F3O7/c1-15-8-19-20-12-22(32)21-11-18(34)6-7-27(21,2)29(20,33)24(35)13-28(19,3)30(15,25(36)38-14-31)40-26(37)39-23-10-16-4-5-17(23)9-16/h6-7,15-17,19-20,23-24,35H,4-5,8-14H2,1-3H3/t15-,16+,17-,19+,20+,23-,24+,27+,28+,29+,30+/m1/s1. The van der Waals surface area contributed by atoms with Crippen LogP contribution in [0, 0.1) is 40.4 Å². The van der Waals surface area contributed by atoms with E-state index in [9.17, 15) is 23.9 Å². The third-order valence-corrected chi connectivity index (χ3v) is 11.9. The van der Waals surface area contributed by atoms with Crippen LogP contribution in [0.3, 0.4) is 0 Å². The van der Waals surface area contributed by atoms with Crippen molar-refractivity contribution in [3.63, 3.8) is 0 Å². The highest BCUT2D eigenvalue weighted by molar-refractivity contribution is 5.93. The average Bonchev–Trinajstić information content (AvgIpc) is 3.56. The molecule has 0 amide bonds. The van der Waals surface area contributed by atoms with E-state index in [4.69, 9.17) is 14.2 Å². The summed E-state index contributed by atoms with van der Waals surface area (Å²) in [5.41, 5.74) is -7.41. The number of aliphatic hydroxyl groups excluding tert-OH is 1. The highest BCUT2D eigenvalue weighted by Crippen LogP contribution is 2.71. The maximum Gasteiger partial charge on any atom is 0.509 e. The summed E-state index contributed by atoms with van der Waals surface area (Å²) >= 11 is 0. The molecule has 0 unspecified atom stereocenters.